The molecule has 1 N–H and O–H groups in total. The van der Waals surface area contributed by atoms with Crippen LogP contribution in [0.1, 0.15) is 37.9 Å². The Bertz CT molecular complexity index is 717. The third-order valence-electron chi connectivity index (χ3n) is 4.64. The smallest absolute Gasteiger partial charge is 0.306 e. The lowest BCUT2D eigenvalue weighted by molar-refractivity contribution is -0.147. The number of rotatable bonds is 7. The molecule has 1 aromatic carbocycles. The molecule has 1 aromatic heterocycles. The second-order valence-corrected chi connectivity index (χ2v) is 6.74. The third-order valence-corrected chi connectivity index (χ3v) is 4.64. The minimum Gasteiger partial charge on any atom is -0.469 e. The molecular formula is C21H26N2O4. The third kappa shape index (κ3) is 6.16. The maximum atomic E-state index is 12.0. The Morgan fingerprint density at radius 1 is 1.04 bits per heavy atom. The van der Waals surface area contributed by atoms with Crippen LogP contribution < -0.4 is 10.2 Å². The van der Waals surface area contributed by atoms with E-state index in [0.29, 0.717) is 12.1 Å². The van der Waals surface area contributed by atoms with E-state index >= 15 is 0 Å². The summed E-state index contributed by atoms with van der Waals surface area (Å²) in [6.07, 6.45) is 7.26. The number of nitrogens with one attached hydrogen (secondary N) is 1. The zero-order valence-electron chi connectivity index (χ0n) is 15.5. The number of carbonyl (C=O) groups is 2. The van der Waals surface area contributed by atoms with Crippen molar-refractivity contribution in [1.82, 2.24) is 0 Å². The first-order chi connectivity index (χ1) is 13.2. The predicted octanol–water partition coefficient (Wildman–Crippen LogP) is 3.77. The number of nitrogens with zero attached hydrogens (tertiary/aromatic N) is 1. The summed E-state index contributed by atoms with van der Waals surface area (Å²) in [5, 5.41) is 2.76. The van der Waals surface area contributed by atoms with E-state index in [9.17, 15) is 9.59 Å². The number of carbonyl (C=O) groups excluding carboxylic acids is 2. The van der Waals surface area contributed by atoms with Crippen LogP contribution in [0, 0.1) is 0 Å². The number of esters is 1. The number of amides is 1. The van der Waals surface area contributed by atoms with Crippen LogP contribution in [0.15, 0.2) is 47.1 Å². The highest BCUT2D eigenvalue weighted by Gasteiger charge is 2.11. The van der Waals surface area contributed by atoms with E-state index in [-0.39, 0.29) is 18.9 Å². The Kier molecular flexibility index (Phi) is 6.90. The van der Waals surface area contributed by atoms with Crippen LogP contribution in [0.25, 0.3) is 0 Å². The number of benzene rings is 1. The molecule has 6 heteroatoms. The highest BCUT2D eigenvalue weighted by molar-refractivity contribution is 5.92. The zero-order chi connectivity index (χ0) is 18.9. The summed E-state index contributed by atoms with van der Waals surface area (Å²) >= 11 is 0. The van der Waals surface area contributed by atoms with E-state index in [0.717, 1.165) is 18.8 Å². The minimum atomic E-state index is -0.418. The van der Waals surface area contributed by atoms with Crippen molar-refractivity contribution in [3.8, 4) is 0 Å². The molecule has 1 saturated heterocycles. The molecule has 1 fully saturated rings. The molecule has 0 radical (unpaired) electrons. The zero-order valence-corrected chi connectivity index (χ0v) is 15.5. The van der Waals surface area contributed by atoms with Crippen LogP contribution in [-0.2, 0) is 20.7 Å². The van der Waals surface area contributed by atoms with E-state index in [2.05, 4.69) is 10.2 Å². The van der Waals surface area contributed by atoms with Crippen LogP contribution in [0.5, 0.6) is 0 Å². The summed E-state index contributed by atoms with van der Waals surface area (Å²) in [7, 11) is 0. The molecule has 0 spiro atoms. The lowest BCUT2D eigenvalue weighted by Gasteiger charge is -2.22. The summed E-state index contributed by atoms with van der Waals surface area (Å²) < 4.78 is 10.2. The van der Waals surface area contributed by atoms with Gasteiger partial charge in [-0.05, 0) is 49.2 Å². The van der Waals surface area contributed by atoms with E-state index in [1.54, 1.807) is 18.4 Å². The Balaban J connectivity index is 1.40. The molecule has 0 atom stereocenters. The van der Waals surface area contributed by atoms with Gasteiger partial charge >= 0.3 is 5.97 Å². The molecule has 144 valence electrons. The molecule has 1 amide bonds. The largest absolute Gasteiger partial charge is 0.469 e. The Morgan fingerprint density at radius 2 is 1.78 bits per heavy atom. The first kappa shape index (κ1) is 19.0. The summed E-state index contributed by atoms with van der Waals surface area (Å²) in [6, 6.07) is 11.4. The summed E-state index contributed by atoms with van der Waals surface area (Å²) in [4.78, 5) is 26.0. The van der Waals surface area contributed by atoms with Crippen molar-refractivity contribution >= 4 is 23.3 Å². The van der Waals surface area contributed by atoms with Gasteiger partial charge in [0.2, 0.25) is 0 Å². The number of ether oxygens (including phenoxy) is 1. The van der Waals surface area contributed by atoms with Gasteiger partial charge in [-0.3, -0.25) is 9.59 Å². The van der Waals surface area contributed by atoms with Crippen LogP contribution in [0.4, 0.5) is 11.4 Å². The molecule has 0 unspecified atom stereocenters. The van der Waals surface area contributed by atoms with Crippen molar-refractivity contribution in [3.63, 3.8) is 0 Å². The van der Waals surface area contributed by atoms with Gasteiger partial charge < -0.3 is 19.4 Å². The average molecular weight is 370 g/mol. The van der Waals surface area contributed by atoms with Gasteiger partial charge in [0, 0.05) is 30.9 Å². The highest BCUT2D eigenvalue weighted by Crippen LogP contribution is 2.21. The fraction of sp³-hybridized carbons (Fsp3) is 0.429. The fourth-order valence-electron chi connectivity index (χ4n) is 3.18. The number of hydrogen-bond donors (Lipinski definition) is 1. The Labute approximate surface area is 159 Å². The molecule has 6 nitrogen and oxygen atoms in total. The van der Waals surface area contributed by atoms with Crippen molar-refractivity contribution in [2.45, 2.75) is 38.5 Å². The summed E-state index contributed by atoms with van der Waals surface area (Å²) in [6.45, 7) is 1.88. The van der Waals surface area contributed by atoms with Gasteiger partial charge in [0.1, 0.15) is 5.76 Å². The van der Waals surface area contributed by atoms with Crippen molar-refractivity contribution < 1.29 is 18.7 Å². The van der Waals surface area contributed by atoms with Crippen molar-refractivity contribution in [1.29, 1.82) is 0 Å². The molecule has 1 aliphatic heterocycles. The maximum Gasteiger partial charge on any atom is 0.306 e. The summed E-state index contributed by atoms with van der Waals surface area (Å²) in [5.41, 5.74) is 1.88. The Morgan fingerprint density at radius 3 is 2.44 bits per heavy atom. The predicted molar refractivity (Wildman–Crippen MR) is 104 cm³/mol. The first-order valence-corrected chi connectivity index (χ1v) is 9.53. The molecule has 0 aliphatic carbocycles. The number of aryl methyl sites for hydroxylation is 1. The van der Waals surface area contributed by atoms with E-state index in [1.807, 2.05) is 24.3 Å². The van der Waals surface area contributed by atoms with Gasteiger partial charge in [-0.25, -0.2) is 0 Å². The number of anilines is 2. The molecule has 2 aromatic rings. The van der Waals surface area contributed by atoms with Crippen LogP contribution >= 0.6 is 0 Å². The molecular weight excluding hydrogens is 344 g/mol. The normalized spacial score (nSPS) is 14.4. The Hall–Kier alpha value is -2.76. The second-order valence-electron chi connectivity index (χ2n) is 6.74. The van der Waals surface area contributed by atoms with Gasteiger partial charge in [-0.2, -0.15) is 0 Å². The van der Waals surface area contributed by atoms with Crippen LogP contribution in [0.2, 0.25) is 0 Å². The lowest BCUT2D eigenvalue weighted by atomic mass is 10.2. The van der Waals surface area contributed by atoms with Crippen molar-refractivity contribution in [2.75, 3.05) is 29.9 Å². The van der Waals surface area contributed by atoms with Crippen molar-refractivity contribution in [3.05, 3.63) is 48.4 Å². The van der Waals surface area contributed by atoms with E-state index in [1.165, 1.54) is 31.4 Å². The van der Waals surface area contributed by atoms with Crippen molar-refractivity contribution in [2.24, 2.45) is 0 Å². The molecule has 1 aliphatic rings. The quantitative estimate of drug-likeness (QED) is 0.751. The second kappa shape index (κ2) is 9.80. The van der Waals surface area contributed by atoms with Gasteiger partial charge in [0.15, 0.2) is 6.61 Å². The molecule has 0 bridgehead atoms. The van der Waals surface area contributed by atoms with Gasteiger partial charge in [0.25, 0.3) is 5.91 Å². The first-order valence-electron chi connectivity index (χ1n) is 9.53. The number of furan rings is 1. The van der Waals surface area contributed by atoms with Crippen LogP contribution in [0.3, 0.4) is 0 Å². The van der Waals surface area contributed by atoms with Gasteiger partial charge in [-0.1, -0.05) is 12.8 Å². The van der Waals surface area contributed by atoms with Crippen LogP contribution in [-0.4, -0.2) is 31.6 Å². The van der Waals surface area contributed by atoms with E-state index in [4.69, 9.17) is 9.15 Å². The topological polar surface area (TPSA) is 71.8 Å². The fourth-order valence-corrected chi connectivity index (χ4v) is 3.18. The monoisotopic (exact) mass is 370 g/mol. The maximum absolute atomic E-state index is 12.0. The lowest BCUT2D eigenvalue weighted by Crippen LogP contribution is -2.24. The molecule has 3 rings (SSSR count). The number of hydrogen-bond acceptors (Lipinski definition) is 5. The standard InChI is InChI=1S/C21H26N2O4/c24-20(16-27-21(25)12-11-19-6-5-15-26-19)22-17-7-9-18(10-8-17)23-13-3-1-2-4-14-23/h5-10,15H,1-4,11-14,16H2,(H,22,24). The molecule has 0 saturated carbocycles. The minimum absolute atomic E-state index is 0.186. The van der Waals surface area contributed by atoms with E-state index < -0.39 is 5.97 Å². The summed E-state index contributed by atoms with van der Waals surface area (Å²) in [5.74, 6) is -0.0390. The molecule has 27 heavy (non-hydrogen) atoms. The van der Waals surface area contributed by atoms with Gasteiger partial charge in [-0.15, -0.1) is 0 Å². The highest BCUT2D eigenvalue weighted by atomic mass is 16.5. The molecule has 2 heterocycles. The average Bonchev–Trinajstić information content (AvgIpc) is 3.06. The van der Waals surface area contributed by atoms with Gasteiger partial charge in [0.05, 0.1) is 12.7 Å². The SMILES string of the molecule is O=C(COC(=O)CCc1ccco1)Nc1ccc(N2CCCCCC2)cc1.